The van der Waals surface area contributed by atoms with Crippen LogP contribution in [0.25, 0.3) is 0 Å². The molecule has 0 fully saturated rings. The van der Waals surface area contributed by atoms with Crippen LogP contribution in [0.15, 0.2) is 24.3 Å². The second-order valence-electron chi connectivity index (χ2n) is 5.28. The summed E-state index contributed by atoms with van der Waals surface area (Å²) in [5.41, 5.74) is 2.94. The van der Waals surface area contributed by atoms with Gasteiger partial charge in [0.15, 0.2) is 0 Å². The van der Waals surface area contributed by atoms with Gasteiger partial charge in [0.1, 0.15) is 0 Å². The number of nitrogens with one attached hydrogen (secondary N) is 2. The molecule has 0 radical (unpaired) electrons. The Bertz CT molecular complexity index is 331. The zero-order valence-corrected chi connectivity index (χ0v) is 11.6. The molecule has 0 aliphatic heterocycles. The Balaban J connectivity index is 2.45. The van der Waals surface area contributed by atoms with Crippen LogP contribution in [0.2, 0.25) is 0 Å². The van der Waals surface area contributed by atoms with Crippen LogP contribution >= 0.6 is 0 Å². The van der Waals surface area contributed by atoms with Gasteiger partial charge in [-0.3, -0.25) is 0 Å². The summed E-state index contributed by atoms with van der Waals surface area (Å²) in [5, 5.41) is 6.84. The zero-order valence-electron chi connectivity index (χ0n) is 11.6. The van der Waals surface area contributed by atoms with E-state index in [0.717, 1.165) is 26.2 Å². The highest BCUT2D eigenvalue weighted by atomic mass is 14.9. The van der Waals surface area contributed by atoms with Crippen LogP contribution in [0.3, 0.4) is 0 Å². The van der Waals surface area contributed by atoms with Crippen molar-refractivity contribution in [2.75, 3.05) is 26.2 Å². The van der Waals surface area contributed by atoms with Crippen molar-refractivity contribution >= 4 is 0 Å². The van der Waals surface area contributed by atoms with E-state index in [0.29, 0.717) is 0 Å². The summed E-state index contributed by atoms with van der Waals surface area (Å²) >= 11 is 0. The molecule has 0 spiro atoms. The summed E-state index contributed by atoms with van der Waals surface area (Å²) in [6.45, 7) is 13.0. The lowest BCUT2D eigenvalue weighted by molar-refractivity contribution is 0.466. The van der Waals surface area contributed by atoms with E-state index in [1.165, 1.54) is 11.1 Å². The van der Waals surface area contributed by atoms with Crippen LogP contribution in [-0.4, -0.2) is 26.2 Å². The van der Waals surface area contributed by atoms with E-state index in [9.17, 15) is 0 Å². The SMILES string of the molecule is CCNCCNCC(C)(C)c1cccc(C)c1. The summed E-state index contributed by atoms with van der Waals surface area (Å²) in [7, 11) is 0. The first-order chi connectivity index (χ1) is 8.06. The lowest BCUT2D eigenvalue weighted by Crippen LogP contribution is -2.36. The van der Waals surface area contributed by atoms with E-state index in [1.807, 2.05) is 0 Å². The zero-order chi connectivity index (χ0) is 12.7. The van der Waals surface area contributed by atoms with Crippen molar-refractivity contribution in [2.45, 2.75) is 33.1 Å². The number of hydrogen-bond acceptors (Lipinski definition) is 2. The highest BCUT2D eigenvalue weighted by molar-refractivity contribution is 5.28. The first-order valence-corrected chi connectivity index (χ1v) is 6.55. The van der Waals surface area contributed by atoms with Gasteiger partial charge in [0.25, 0.3) is 0 Å². The quantitative estimate of drug-likeness (QED) is 0.708. The predicted molar refractivity (Wildman–Crippen MR) is 75.6 cm³/mol. The van der Waals surface area contributed by atoms with Crippen molar-refractivity contribution < 1.29 is 0 Å². The number of hydrogen-bond donors (Lipinski definition) is 2. The standard InChI is InChI=1S/C15H26N2/c1-5-16-9-10-17-12-15(3,4)14-8-6-7-13(2)11-14/h6-8,11,16-17H,5,9-10,12H2,1-4H3. The van der Waals surface area contributed by atoms with E-state index in [4.69, 9.17) is 0 Å². The molecule has 1 aromatic rings. The third-order valence-electron chi connectivity index (χ3n) is 3.10. The third kappa shape index (κ3) is 4.88. The molecule has 1 rings (SSSR count). The summed E-state index contributed by atoms with van der Waals surface area (Å²) in [4.78, 5) is 0. The average molecular weight is 234 g/mol. The molecule has 0 aliphatic rings. The fourth-order valence-electron chi connectivity index (χ4n) is 1.92. The maximum atomic E-state index is 3.52. The molecule has 0 heterocycles. The minimum absolute atomic E-state index is 0.193. The molecule has 96 valence electrons. The molecule has 17 heavy (non-hydrogen) atoms. The van der Waals surface area contributed by atoms with Crippen LogP contribution in [-0.2, 0) is 5.41 Å². The molecule has 2 N–H and O–H groups in total. The van der Waals surface area contributed by atoms with Crippen molar-refractivity contribution in [3.8, 4) is 0 Å². The minimum atomic E-state index is 0.193. The van der Waals surface area contributed by atoms with E-state index >= 15 is 0 Å². The predicted octanol–water partition coefficient (Wildman–Crippen LogP) is 2.47. The summed E-state index contributed by atoms with van der Waals surface area (Å²) < 4.78 is 0. The highest BCUT2D eigenvalue weighted by Crippen LogP contribution is 2.22. The van der Waals surface area contributed by atoms with Gasteiger partial charge in [0, 0.05) is 25.0 Å². The molecule has 0 atom stereocenters. The number of aryl methyl sites for hydroxylation is 1. The van der Waals surface area contributed by atoms with Gasteiger partial charge in [0.05, 0.1) is 0 Å². The molecule has 1 aromatic carbocycles. The van der Waals surface area contributed by atoms with E-state index in [2.05, 4.69) is 62.6 Å². The summed E-state index contributed by atoms with van der Waals surface area (Å²) in [5.74, 6) is 0. The van der Waals surface area contributed by atoms with Crippen LogP contribution in [0.1, 0.15) is 31.9 Å². The van der Waals surface area contributed by atoms with Gasteiger partial charge in [-0.05, 0) is 19.0 Å². The number of benzene rings is 1. The number of rotatable bonds is 7. The molecule has 0 bridgehead atoms. The van der Waals surface area contributed by atoms with Crippen molar-refractivity contribution in [3.05, 3.63) is 35.4 Å². The lowest BCUT2D eigenvalue weighted by atomic mass is 9.84. The van der Waals surface area contributed by atoms with E-state index in [-0.39, 0.29) is 5.41 Å². The molecule has 0 amide bonds. The fourth-order valence-corrected chi connectivity index (χ4v) is 1.92. The minimum Gasteiger partial charge on any atom is -0.316 e. The Morgan fingerprint density at radius 2 is 1.82 bits per heavy atom. The van der Waals surface area contributed by atoms with E-state index < -0.39 is 0 Å². The lowest BCUT2D eigenvalue weighted by Gasteiger charge is -2.26. The van der Waals surface area contributed by atoms with Gasteiger partial charge in [-0.1, -0.05) is 50.6 Å². The monoisotopic (exact) mass is 234 g/mol. The molecular formula is C15H26N2. The van der Waals surface area contributed by atoms with Crippen LogP contribution < -0.4 is 10.6 Å². The van der Waals surface area contributed by atoms with Crippen molar-refractivity contribution in [3.63, 3.8) is 0 Å². The maximum absolute atomic E-state index is 3.52. The van der Waals surface area contributed by atoms with Gasteiger partial charge in [-0.25, -0.2) is 0 Å². The summed E-state index contributed by atoms with van der Waals surface area (Å²) in [6, 6.07) is 8.80. The molecule has 0 aliphatic carbocycles. The second kappa shape index (κ2) is 6.77. The Labute approximate surface area is 106 Å². The first kappa shape index (κ1) is 14.2. The van der Waals surface area contributed by atoms with Gasteiger partial charge < -0.3 is 10.6 Å². The third-order valence-corrected chi connectivity index (χ3v) is 3.10. The molecule has 2 nitrogen and oxygen atoms in total. The smallest absolute Gasteiger partial charge is 0.00770 e. The molecule has 2 heteroatoms. The van der Waals surface area contributed by atoms with Gasteiger partial charge in [0.2, 0.25) is 0 Å². The maximum Gasteiger partial charge on any atom is 0.00770 e. The molecule has 0 aromatic heterocycles. The Morgan fingerprint density at radius 3 is 2.47 bits per heavy atom. The fraction of sp³-hybridized carbons (Fsp3) is 0.600. The topological polar surface area (TPSA) is 24.1 Å². The first-order valence-electron chi connectivity index (χ1n) is 6.55. The Hall–Kier alpha value is -0.860. The van der Waals surface area contributed by atoms with Crippen LogP contribution in [0.4, 0.5) is 0 Å². The highest BCUT2D eigenvalue weighted by Gasteiger charge is 2.19. The van der Waals surface area contributed by atoms with Crippen LogP contribution in [0, 0.1) is 6.92 Å². The average Bonchev–Trinajstić information content (AvgIpc) is 2.29. The molecular weight excluding hydrogens is 208 g/mol. The van der Waals surface area contributed by atoms with Crippen molar-refractivity contribution in [1.82, 2.24) is 10.6 Å². The van der Waals surface area contributed by atoms with Crippen LogP contribution in [0.5, 0.6) is 0 Å². The van der Waals surface area contributed by atoms with Gasteiger partial charge in [-0.2, -0.15) is 0 Å². The largest absolute Gasteiger partial charge is 0.316 e. The van der Waals surface area contributed by atoms with Crippen molar-refractivity contribution in [1.29, 1.82) is 0 Å². The number of likely N-dealkylation sites (N-methyl/N-ethyl adjacent to an activating group) is 1. The van der Waals surface area contributed by atoms with E-state index in [1.54, 1.807) is 0 Å². The Kier molecular flexibility index (Phi) is 5.66. The normalized spacial score (nSPS) is 11.8. The van der Waals surface area contributed by atoms with Gasteiger partial charge >= 0.3 is 0 Å². The molecule has 0 saturated carbocycles. The molecule has 0 saturated heterocycles. The Morgan fingerprint density at radius 1 is 1.12 bits per heavy atom. The van der Waals surface area contributed by atoms with Gasteiger partial charge in [-0.15, -0.1) is 0 Å². The van der Waals surface area contributed by atoms with Crippen molar-refractivity contribution in [2.24, 2.45) is 0 Å². The summed E-state index contributed by atoms with van der Waals surface area (Å²) in [6.07, 6.45) is 0. The second-order valence-corrected chi connectivity index (χ2v) is 5.28. The molecule has 0 unspecified atom stereocenters.